The number of benzene rings is 1. The van der Waals surface area contributed by atoms with Crippen molar-refractivity contribution in [1.82, 2.24) is 9.78 Å². The highest BCUT2D eigenvalue weighted by Crippen LogP contribution is 2.24. The Morgan fingerprint density at radius 1 is 1.44 bits per heavy atom. The normalized spacial score (nSPS) is 10.4. The molecule has 84 valence electrons. The number of hydrogen-bond donors (Lipinski definition) is 1. The smallest absolute Gasteiger partial charge is 0.216 e. The average molecular weight is 238 g/mol. The molecule has 2 N–H and O–H groups in total. The summed E-state index contributed by atoms with van der Waals surface area (Å²) >= 11 is 6.09. The minimum absolute atomic E-state index is 0.369. The quantitative estimate of drug-likeness (QED) is 0.888. The van der Waals surface area contributed by atoms with Gasteiger partial charge in [0, 0.05) is 12.6 Å². The number of rotatable bonds is 3. The van der Waals surface area contributed by atoms with Crippen LogP contribution in [-0.2, 0) is 6.54 Å². The molecule has 1 aromatic heterocycles. The fraction of sp³-hybridized carbons (Fsp3) is 0.182. The van der Waals surface area contributed by atoms with Crippen LogP contribution in [0.2, 0.25) is 5.02 Å². The van der Waals surface area contributed by atoms with Crippen LogP contribution in [0.25, 0.3) is 5.69 Å². The van der Waals surface area contributed by atoms with Crippen molar-refractivity contribution in [2.24, 2.45) is 5.73 Å². The molecule has 1 aromatic carbocycles. The van der Waals surface area contributed by atoms with Gasteiger partial charge in [0.25, 0.3) is 0 Å². The fourth-order valence-corrected chi connectivity index (χ4v) is 1.67. The molecule has 4 nitrogen and oxygen atoms in total. The summed E-state index contributed by atoms with van der Waals surface area (Å²) in [5, 5.41) is 4.93. The van der Waals surface area contributed by atoms with Crippen molar-refractivity contribution in [2.75, 3.05) is 7.11 Å². The number of para-hydroxylation sites is 1. The molecular formula is C11H12ClN3O. The lowest BCUT2D eigenvalue weighted by atomic mass is 10.3. The Morgan fingerprint density at radius 3 is 2.81 bits per heavy atom. The van der Waals surface area contributed by atoms with Crippen molar-refractivity contribution in [3.8, 4) is 11.6 Å². The van der Waals surface area contributed by atoms with Gasteiger partial charge < -0.3 is 10.5 Å². The molecule has 0 atom stereocenters. The van der Waals surface area contributed by atoms with Crippen LogP contribution in [0.1, 0.15) is 5.69 Å². The zero-order valence-corrected chi connectivity index (χ0v) is 9.61. The predicted molar refractivity (Wildman–Crippen MR) is 63.0 cm³/mol. The van der Waals surface area contributed by atoms with Crippen molar-refractivity contribution < 1.29 is 4.74 Å². The van der Waals surface area contributed by atoms with Gasteiger partial charge in [0.2, 0.25) is 5.88 Å². The van der Waals surface area contributed by atoms with E-state index in [1.54, 1.807) is 23.9 Å². The second-order valence-corrected chi connectivity index (χ2v) is 3.65. The van der Waals surface area contributed by atoms with Crippen molar-refractivity contribution >= 4 is 11.6 Å². The monoisotopic (exact) mass is 237 g/mol. The highest BCUT2D eigenvalue weighted by Gasteiger charge is 2.11. The molecule has 16 heavy (non-hydrogen) atoms. The van der Waals surface area contributed by atoms with Gasteiger partial charge in [-0.05, 0) is 12.1 Å². The van der Waals surface area contributed by atoms with Gasteiger partial charge in [-0.2, -0.15) is 9.78 Å². The van der Waals surface area contributed by atoms with Crippen LogP contribution >= 0.6 is 11.6 Å². The first-order valence-electron chi connectivity index (χ1n) is 4.84. The van der Waals surface area contributed by atoms with E-state index in [0.29, 0.717) is 17.4 Å². The molecule has 0 saturated heterocycles. The third kappa shape index (κ3) is 1.89. The van der Waals surface area contributed by atoms with E-state index in [2.05, 4.69) is 5.10 Å². The molecule has 5 heteroatoms. The molecule has 0 fully saturated rings. The summed E-state index contributed by atoms with van der Waals surface area (Å²) in [6.07, 6.45) is 0. The Bertz CT molecular complexity index is 496. The lowest BCUT2D eigenvalue weighted by Crippen LogP contribution is -2.02. The summed E-state index contributed by atoms with van der Waals surface area (Å²) in [7, 11) is 1.59. The van der Waals surface area contributed by atoms with Gasteiger partial charge in [0.1, 0.15) is 0 Å². The van der Waals surface area contributed by atoms with Gasteiger partial charge in [0.15, 0.2) is 0 Å². The molecule has 0 saturated carbocycles. The Hall–Kier alpha value is -1.52. The van der Waals surface area contributed by atoms with Gasteiger partial charge in [-0.3, -0.25) is 0 Å². The molecule has 2 rings (SSSR count). The first kappa shape index (κ1) is 11.0. The highest BCUT2D eigenvalue weighted by molar-refractivity contribution is 6.32. The van der Waals surface area contributed by atoms with Crippen molar-refractivity contribution in [2.45, 2.75) is 6.54 Å². The van der Waals surface area contributed by atoms with Gasteiger partial charge in [-0.1, -0.05) is 23.7 Å². The van der Waals surface area contributed by atoms with Gasteiger partial charge >= 0.3 is 0 Å². The number of hydrogen-bond acceptors (Lipinski definition) is 3. The lowest BCUT2D eigenvalue weighted by molar-refractivity contribution is 0.383. The molecule has 0 amide bonds. The fourth-order valence-electron chi connectivity index (χ4n) is 1.45. The molecule has 0 aliphatic carbocycles. The van der Waals surface area contributed by atoms with E-state index in [1.807, 2.05) is 18.2 Å². The molecule has 0 spiro atoms. The predicted octanol–water partition coefficient (Wildman–Crippen LogP) is 1.99. The third-order valence-corrected chi connectivity index (χ3v) is 2.55. The molecule has 0 aliphatic heterocycles. The van der Waals surface area contributed by atoms with E-state index < -0.39 is 0 Å². The number of nitrogens with zero attached hydrogens (tertiary/aromatic N) is 2. The zero-order valence-electron chi connectivity index (χ0n) is 8.85. The average Bonchev–Trinajstić information content (AvgIpc) is 2.72. The van der Waals surface area contributed by atoms with Crippen LogP contribution in [0.15, 0.2) is 30.3 Å². The van der Waals surface area contributed by atoms with E-state index in [4.69, 9.17) is 22.1 Å². The maximum Gasteiger partial charge on any atom is 0.216 e. The third-order valence-electron chi connectivity index (χ3n) is 2.23. The topological polar surface area (TPSA) is 53.1 Å². The number of nitrogens with two attached hydrogens (primary N) is 1. The number of methoxy groups -OCH3 is 1. The van der Waals surface area contributed by atoms with E-state index in [-0.39, 0.29) is 0 Å². The lowest BCUT2D eigenvalue weighted by Gasteiger charge is -2.07. The summed E-state index contributed by atoms with van der Waals surface area (Å²) < 4.78 is 6.87. The van der Waals surface area contributed by atoms with Crippen molar-refractivity contribution in [1.29, 1.82) is 0 Å². The number of halogens is 1. The minimum atomic E-state index is 0.369. The van der Waals surface area contributed by atoms with Crippen LogP contribution in [0, 0.1) is 0 Å². The summed E-state index contributed by atoms with van der Waals surface area (Å²) in [5.74, 6) is 0.619. The molecule has 2 aromatic rings. The summed E-state index contributed by atoms with van der Waals surface area (Å²) in [5.41, 5.74) is 7.08. The molecule has 0 aliphatic rings. The van der Waals surface area contributed by atoms with Crippen LogP contribution in [-0.4, -0.2) is 16.9 Å². The molecule has 0 unspecified atom stereocenters. The van der Waals surface area contributed by atoms with E-state index >= 15 is 0 Å². The van der Waals surface area contributed by atoms with Crippen molar-refractivity contribution in [3.05, 3.63) is 41.0 Å². The minimum Gasteiger partial charge on any atom is -0.481 e. The van der Waals surface area contributed by atoms with Gasteiger partial charge in [0.05, 0.1) is 23.5 Å². The molecule has 0 bridgehead atoms. The second-order valence-electron chi connectivity index (χ2n) is 3.25. The zero-order chi connectivity index (χ0) is 11.5. The first-order chi connectivity index (χ1) is 7.76. The molecular weight excluding hydrogens is 226 g/mol. The summed E-state index contributed by atoms with van der Waals surface area (Å²) in [6, 6.07) is 9.23. The second kappa shape index (κ2) is 4.55. The number of ether oxygens (including phenoxy) is 1. The van der Waals surface area contributed by atoms with Crippen LogP contribution in [0.4, 0.5) is 0 Å². The SMILES string of the molecule is COc1cc(CN)nn1-c1ccccc1Cl. The van der Waals surface area contributed by atoms with Gasteiger partial charge in [-0.25, -0.2) is 0 Å². The Morgan fingerprint density at radius 2 is 2.19 bits per heavy atom. The first-order valence-corrected chi connectivity index (χ1v) is 5.22. The Labute approximate surface area is 98.6 Å². The largest absolute Gasteiger partial charge is 0.481 e. The number of aromatic nitrogens is 2. The van der Waals surface area contributed by atoms with Crippen LogP contribution in [0.3, 0.4) is 0 Å². The van der Waals surface area contributed by atoms with E-state index in [9.17, 15) is 0 Å². The van der Waals surface area contributed by atoms with Gasteiger partial charge in [-0.15, -0.1) is 0 Å². The van der Waals surface area contributed by atoms with Crippen molar-refractivity contribution in [3.63, 3.8) is 0 Å². The summed E-state index contributed by atoms with van der Waals surface area (Å²) in [4.78, 5) is 0. The Kier molecular flexibility index (Phi) is 3.12. The summed E-state index contributed by atoms with van der Waals surface area (Å²) in [6.45, 7) is 0.369. The maximum atomic E-state index is 6.09. The standard InChI is InChI=1S/C11H12ClN3O/c1-16-11-6-8(7-13)14-15(11)10-5-3-2-4-9(10)12/h2-6H,7,13H2,1H3. The van der Waals surface area contributed by atoms with E-state index in [0.717, 1.165) is 11.4 Å². The molecule has 1 heterocycles. The van der Waals surface area contributed by atoms with E-state index in [1.165, 1.54) is 0 Å². The van der Waals surface area contributed by atoms with Crippen LogP contribution < -0.4 is 10.5 Å². The maximum absolute atomic E-state index is 6.09. The Balaban J connectivity index is 2.54. The molecule has 0 radical (unpaired) electrons. The van der Waals surface area contributed by atoms with Crippen LogP contribution in [0.5, 0.6) is 5.88 Å². The highest BCUT2D eigenvalue weighted by atomic mass is 35.5.